The van der Waals surface area contributed by atoms with E-state index in [0.717, 1.165) is 16.9 Å². The molecule has 194 valence electrons. The molecule has 0 saturated heterocycles. The topological polar surface area (TPSA) is 105 Å². The monoisotopic (exact) mass is 520 g/mol. The number of carbonyl (C=O) groups excluding carboxylic acids is 3. The Kier molecular flexibility index (Phi) is 11.0. The molecule has 3 aromatic carbocycles. The van der Waals surface area contributed by atoms with Gasteiger partial charge in [-0.05, 0) is 28.8 Å². The van der Waals surface area contributed by atoms with E-state index >= 15 is 0 Å². The largest absolute Gasteiger partial charge is 0.508 e. The quantitative estimate of drug-likeness (QED) is 0.235. The SMILES string of the molecule is COC(=O)[C@H](Cc1ccccc1)NC(=O)[C@H](Cc1ccc(O)cc1)NC(=O)CCSCc1ccccc1. The van der Waals surface area contributed by atoms with E-state index in [1.54, 1.807) is 23.9 Å². The van der Waals surface area contributed by atoms with Crippen LogP contribution in [0.3, 0.4) is 0 Å². The summed E-state index contributed by atoms with van der Waals surface area (Å²) in [4.78, 5) is 38.5. The molecule has 0 aliphatic rings. The molecule has 0 fully saturated rings. The lowest BCUT2D eigenvalue weighted by Crippen LogP contribution is -2.53. The van der Waals surface area contributed by atoms with Crippen LogP contribution in [0.25, 0.3) is 0 Å². The van der Waals surface area contributed by atoms with E-state index in [1.165, 1.54) is 24.8 Å². The van der Waals surface area contributed by atoms with E-state index in [0.29, 0.717) is 5.75 Å². The number of hydrogen-bond acceptors (Lipinski definition) is 6. The van der Waals surface area contributed by atoms with Crippen LogP contribution in [0.1, 0.15) is 23.1 Å². The molecule has 2 amide bonds. The highest BCUT2D eigenvalue weighted by molar-refractivity contribution is 7.98. The van der Waals surface area contributed by atoms with Crippen molar-refractivity contribution in [2.75, 3.05) is 12.9 Å². The van der Waals surface area contributed by atoms with Gasteiger partial charge in [0.1, 0.15) is 17.8 Å². The van der Waals surface area contributed by atoms with Gasteiger partial charge in [0.25, 0.3) is 0 Å². The number of methoxy groups -OCH3 is 1. The predicted molar refractivity (Wildman–Crippen MR) is 145 cm³/mol. The summed E-state index contributed by atoms with van der Waals surface area (Å²) in [5, 5.41) is 15.2. The Balaban J connectivity index is 1.64. The third-order valence-corrected chi connectivity index (χ3v) is 6.73. The van der Waals surface area contributed by atoms with Gasteiger partial charge in [-0.25, -0.2) is 4.79 Å². The lowest BCUT2D eigenvalue weighted by molar-refractivity contribution is -0.145. The summed E-state index contributed by atoms with van der Waals surface area (Å²) in [6, 6.07) is 24.0. The Morgan fingerprint density at radius 2 is 1.35 bits per heavy atom. The first-order chi connectivity index (χ1) is 17.9. The third kappa shape index (κ3) is 9.65. The molecule has 3 aromatic rings. The van der Waals surface area contributed by atoms with E-state index in [4.69, 9.17) is 4.74 Å². The number of amides is 2. The van der Waals surface area contributed by atoms with Crippen molar-refractivity contribution in [2.45, 2.75) is 37.1 Å². The summed E-state index contributed by atoms with van der Waals surface area (Å²) in [7, 11) is 1.27. The summed E-state index contributed by atoms with van der Waals surface area (Å²) in [5.41, 5.74) is 2.81. The maximum absolute atomic E-state index is 13.3. The van der Waals surface area contributed by atoms with Crippen molar-refractivity contribution in [1.82, 2.24) is 10.6 Å². The van der Waals surface area contributed by atoms with Gasteiger partial charge in [-0.1, -0.05) is 72.8 Å². The number of aromatic hydroxyl groups is 1. The molecule has 0 aliphatic heterocycles. The molecule has 0 heterocycles. The van der Waals surface area contributed by atoms with Crippen molar-refractivity contribution >= 4 is 29.5 Å². The smallest absolute Gasteiger partial charge is 0.328 e. The van der Waals surface area contributed by atoms with Crippen LogP contribution in [0.4, 0.5) is 0 Å². The molecular weight excluding hydrogens is 488 g/mol. The maximum Gasteiger partial charge on any atom is 0.328 e. The van der Waals surface area contributed by atoms with Crippen molar-refractivity contribution in [1.29, 1.82) is 0 Å². The van der Waals surface area contributed by atoms with Crippen LogP contribution < -0.4 is 10.6 Å². The summed E-state index contributed by atoms with van der Waals surface area (Å²) in [6.45, 7) is 0. The highest BCUT2D eigenvalue weighted by atomic mass is 32.2. The fraction of sp³-hybridized carbons (Fsp3) is 0.276. The molecule has 0 spiro atoms. The van der Waals surface area contributed by atoms with E-state index in [2.05, 4.69) is 10.6 Å². The molecule has 0 saturated carbocycles. The second-order valence-electron chi connectivity index (χ2n) is 8.55. The average Bonchev–Trinajstić information content (AvgIpc) is 2.92. The molecular formula is C29H32N2O5S. The molecule has 2 atom stereocenters. The number of esters is 1. The van der Waals surface area contributed by atoms with Gasteiger partial charge < -0.3 is 20.5 Å². The van der Waals surface area contributed by atoms with Crippen LogP contribution in [0.2, 0.25) is 0 Å². The van der Waals surface area contributed by atoms with Crippen molar-refractivity contribution in [3.8, 4) is 5.75 Å². The predicted octanol–water partition coefficient (Wildman–Crippen LogP) is 3.64. The summed E-state index contributed by atoms with van der Waals surface area (Å²) < 4.78 is 4.91. The van der Waals surface area contributed by atoms with Crippen LogP contribution >= 0.6 is 11.8 Å². The zero-order chi connectivity index (χ0) is 26.5. The standard InChI is InChI=1S/C29H32N2O5S/c1-36-29(35)26(19-21-8-4-2-5-9-21)31-28(34)25(18-22-12-14-24(32)15-13-22)30-27(33)16-17-37-20-23-10-6-3-7-11-23/h2-15,25-26,32H,16-20H2,1H3,(H,30,33)(H,31,34)/t25-,26-/m0/s1. The normalized spacial score (nSPS) is 12.2. The lowest BCUT2D eigenvalue weighted by atomic mass is 10.0. The van der Waals surface area contributed by atoms with E-state index in [9.17, 15) is 19.5 Å². The fourth-order valence-electron chi connectivity index (χ4n) is 3.73. The van der Waals surface area contributed by atoms with Crippen LogP contribution in [-0.2, 0) is 37.7 Å². The summed E-state index contributed by atoms with van der Waals surface area (Å²) in [6.07, 6.45) is 0.713. The fourth-order valence-corrected chi connectivity index (χ4v) is 4.63. The highest BCUT2D eigenvalue weighted by Gasteiger charge is 2.27. The summed E-state index contributed by atoms with van der Waals surface area (Å²) in [5.74, 6) is 0.211. The molecule has 8 heteroatoms. The van der Waals surface area contributed by atoms with Gasteiger partial charge >= 0.3 is 5.97 Å². The maximum atomic E-state index is 13.3. The van der Waals surface area contributed by atoms with E-state index in [1.807, 2.05) is 60.7 Å². The highest BCUT2D eigenvalue weighted by Crippen LogP contribution is 2.14. The van der Waals surface area contributed by atoms with Crippen molar-refractivity contribution in [2.24, 2.45) is 0 Å². The molecule has 0 unspecified atom stereocenters. The number of phenols is 1. The van der Waals surface area contributed by atoms with Gasteiger partial charge in [-0.3, -0.25) is 9.59 Å². The molecule has 3 N–H and O–H groups in total. The molecule has 0 bridgehead atoms. The van der Waals surface area contributed by atoms with Gasteiger partial charge in [-0.15, -0.1) is 0 Å². The van der Waals surface area contributed by atoms with Gasteiger partial charge in [0.2, 0.25) is 11.8 Å². The number of benzene rings is 3. The lowest BCUT2D eigenvalue weighted by Gasteiger charge is -2.22. The Morgan fingerprint density at radius 1 is 0.784 bits per heavy atom. The van der Waals surface area contributed by atoms with Crippen LogP contribution in [-0.4, -0.2) is 47.8 Å². The Hall–Kier alpha value is -3.78. The van der Waals surface area contributed by atoms with E-state index in [-0.39, 0.29) is 30.9 Å². The zero-order valence-electron chi connectivity index (χ0n) is 20.8. The van der Waals surface area contributed by atoms with Crippen LogP contribution in [0.15, 0.2) is 84.9 Å². The number of carbonyl (C=O) groups is 3. The number of ether oxygens (including phenoxy) is 1. The summed E-state index contributed by atoms with van der Waals surface area (Å²) >= 11 is 1.64. The zero-order valence-corrected chi connectivity index (χ0v) is 21.6. The van der Waals surface area contributed by atoms with Gasteiger partial charge in [-0.2, -0.15) is 11.8 Å². The van der Waals surface area contributed by atoms with E-state index < -0.39 is 24.0 Å². The Morgan fingerprint density at radius 3 is 1.97 bits per heavy atom. The Labute approximate surface area is 221 Å². The van der Waals surface area contributed by atoms with Gasteiger partial charge in [0, 0.05) is 30.8 Å². The molecule has 0 aliphatic carbocycles. The number of thioether (sulfide) groups is 1. The minimum Gasteiger partial charge on any atom is -0.508 e. The number of hydrogen-bond donors (Lipinski definition) is 3. The van der Waals surface area contributed by atoms with Gasteiger partial charge in [0.15, 0.2) is 0 Å². The third-order valence-electron chi connectivity index (χ3n) is 5.70. The molecule has 3 rings (SSSR count). The number of nitrogens with one attached hydrogen (secondary N) is 2. The molecule has 0 aromatic heterocycles. The van der Waals surface area contributed by atoms with Crippen molar-refractivity contribution in [3.63, 3.8) is 0 Å². The second-order valence-corrected chi connectivity index (χ2v) is 9.66. The second kappa shape index (κ2) is 14.7. The minimum absolute atomic E-state index is 0.109. The first-order valence-corrected chi connectivity index (χ1v) is 13.2. The molecule has 0 radical (unpaired) electrons. The Bertz CT molecular complexity index is 1140. The first-order valence-electron chi connectivity index (χ1n) is 12.1. The van der Waals surface area contributed by atoms with Crippen LogP contribution in [0, 0.1) is 0 Å². The van der Waals surface area contributed by atoms with Crippen LogP contribution in [0.5, 0.6) is 5.75 Å². The molecule has 7 nitrogen and oxygen atoms in total. The average molecular weight is 521 g/mol. The van der Waals surface area contributed by atoms with Crippen molar-refractivity contribution in [3.05, 3.63) is 102 Å². The van der Waals surface area contributed by atoms with Gasteiger partial charge in [0.05, 0.1) is 7.11 Å². The molecule has 37 heavy (non-hydrogen) atoms. The van der Waals surface area contributed by atoms with Crippen molar-refractivity contribution < 1.29 is 24.2 Å². The first kappa shape index (κ1) is 27.8. The number of phenolic OH excluding ortho intramolecular Hbond substituents is 1. The number of rotatable bonds is 13. The minimum atomic E-state index is -0.904.